The molecule has 0 saturated carbocycles. The van der Waals surface area contributed by atoms with Crippen LogP contribution in [0, 0.1) is 0 Å². The van der Waals surface area contributed by atoms with Crippen LogP contribution >= 0.6 is 0 Å². The van der Waals surface area contributed by atoms with Crippen molar-refractivity contribution in [2.75, 3.05) is 6.54 Å². The van der Waals surface area contributed by atoms with Gasteiger partial charge in [0.05, 0.1) is 6.26 Å². The van der Waals surface area contributed by atoms with Gasteiger partial charge in [0.25, 0.3) is 0 Å². The van der Waals surface area contributed by atoms with E-state index < -0.39 is 0 Å². The summed E-state index contributed by atoms with van der Waals surface area (Å²) < 4.78 is 10.1. The van der Waals surface area contributed by atoms with Crippen molar-refractivity contribution in [3.8, 4) is 11.6 Å². The average molecular weight is 193 g/mol. The zero-order chi connectivity index (χ0) is 9.80. The monoisotopic (exact) mass is 193 g/mol. The summed E-state index contributed by atoms with van der Waals surface area (Å²) in [6.07, 6.45) is 3.13. The molecule has 0 aliphatic heterocycles. The standard InChI is InChI=1S/C9H11N3O2/c10-5-1-4-8-11-9(12-14-8)7-3-2-6-13-7/h2-3,6H,1,4-5,10H2. The molecule has 0 aliphatic carbocycles. The van der Waals surface area contributed by atoms with E-state index >= 15 is 0 Å². The maximum absolute atomic E-state index is 5.37. The summed E-state index contributed by atoms with van der Waals surface area (Å²) in [5.74, 6) is 1.71. The third-order valence-corrected chi connectivity index (χ3v) is 1.80. The molecule has 2 aromatic rings. The fourth-order valence-electron chi connectivity index (χ4n) is 1.12. The van der Waals surface area contributed by atoms with Gasteiger partial charge >= 0.3 is 0 Å². The van der Waals surface area contributed by atoms with Crippen molar-refractivity contribution in [3.63, 3.8) is 0 Å². The molecule has 0 aromatic carbocycles. The number of furan rings is 1. The Morgan fingerprint density at radius 3 is 3.07 bits per heavy atom. The van der Waals surface area contributed by atoms with Crippen LogP contribution in [-0.4, -0.2) is 16.7 Å². The van der Waals surface area contributed by atoms with Crippen molar-refractivity contribution in [1.29, 1.82) is 0 Å². The Balaban J connectivity index is 2.10. The molecule has 74 valence electrons. The summed E-state index contributed by atoms with van der Waals surface area (Å²) in [7, 11) is 0. The molecule has 0 bridgehead atoms. The smallest absolute Gasteiger partial charge is 0.238 e. The molecule has 2 aromatic heterocycles. The van der Waals surface area contributed by atoms with Crippen molar-refractivity contribution in [3.05, 3.63) is 24.3 Å². The SMILES string of the molecule is NCCCc1nc(-c2ccco2)no1. The first-order chi connectivity index (χ1) is 6.90. The van der Waals surface area contributed by atoms with E-state index in [0.29, 0.717) is 30.4 Å². The van der Waals surface area contributed by atoms with Crippen molar-refractivity contribution < 1.29 is 8.94 Å². The second-order valence-electron chi connectivity index (χ2n) is 2.88. The number of nitrogens with two attached hydrogens (primary N) is 1. The molecule has 14 heavy (non-hydrogen) atoms. The summed E-state index contributed by atoms with van der Waals surface area (Å²) in [4.78, 5) is 4.16. The quantitative estimate of drug-likeness (QED) is 0.789. The normalized spacial score (nSPS) is 10.6. The highest BCUT2D eigenvalue weighted by atomic mass is 16.5. The Morgan fingerprint density at radius 1 is 1.43 bits per heavy atom. The maximum atomic E-state index is 5.37. The summed E-state index contributed by atoms with van der Waals surface area (Å²) in [6, 6.07) is 3.57. The van der Waals surface area contributed by atoms with Gasteiger partial charge in [-0.25, -0.2) is 0 Å². The summed E-state index contributed by atoms with van der Waals surface area (Å²) in [5.41, 5.74) is 5.37. The van der Waals surface area contributed by atoms with Crippen molar-refractivity contribution >= 4 is 0 Å². The van der Waals surface area contributed by atoms with E-state index in [-0.39, 0.29) is 0 Å². The molecule has 0 radical (unpaired) electrons. The zero-order valence-electron chi connectivity index (χ0n) is 7.64. The van der Waals surface area contributed by atoms with E-state index in [4.69, 9.17) is 14.7 Å². The number of rotatable bonds is 4. The van der Waals surface area contributed by atoms with Crippen molar-refractivity contribution in [1.82, 2.24) is 10.1 Å². The summed E-state index contributed by atoms with van der Waals surface area (Å²) >= 11 is 0. The molecule has 2 N–H and O–H groups in total. The fourth-order valence-corrected chi connectivity index (χ4v) is 1.12. The van der Waals surface area contributed by atoms with Gasteiger partial charge in [0, 0.05) is 6.42 Å². The highest BCUT2D eigenvalue weighted by molar-refractivity contribution is 5.44. The van der Waals surface area contributed by atoms with Gasteiger partial charge in [-0.1, -0.05) is 5.16 Å². The third kappa shape index (κ3) is 1.82. The molecular weight excluding hydrogens is 182 g/mol. The Bertz CT molecular complexity index is 380. The minimum Gasteiger partial charge on any atom is -0.461 e. The topological polar surface area (TPSA) is 78.1 Å². The van der Waals surface area contributed by atoms with E-state index in [0.717, 1.165) is 6.42 Å². The predicted molar refractivity (Wildman–Crippen MR) is 49.4 cm³/mol. The van der Waals surface area contributed by atoms with Crippen LogP contribution in [0.3, 0.4) is 0 Å². The largest absolute Gasteiger partial charge is 0.461 e. The molecule has 0 spiro atoms. The highest BCUT2D eigenvalue weighted by Crippen LogP contribution is 2.15. The Morgan fingerprint density at radius 2 is 2.36 bits per heavy atom. The molecule has 0 fully saturated rings. The van der Waals surface area contributed by atoms with E-state index in [1.807, 2.05) is 0 Å². The Labute approximate surface area is 80.9 Å². The number of aryl methyl sites for hydroxylation is 1. The van der Waals surface area contributed by atoms with E-state index in [2.05, 4.69) is 10.1 Å². The second-order valence-corrected chi connectivity index (χ2v) is 2.88. The lowest BCUT2D eigenvalue weighted by atomic mass is 10.3. The number of nitrogens with zero attached hydrogens (tertiary/aromatic N) is 2. The van der Waals surface area contributed by atoms with E-state index in [1.54, 1.807) is 18.4 Å². The molecule has 0 amide bonds. The number of aromatic nitrogens is 2. The molecule has 2 heterocycles. The number of hydrogen-bond acceptors (Lipinski definition) is 5. The van der Waals surface area contributed by atoms with Gasteiger partial charge in [-0.05, 0) is 25.1 Å². The predicted octanol–water partition coefficient (Wildman–Crippen LogP) is 1.22. The minimum absolute atomic E-state index is 0.488. The first kappa shape index (κ1) is 8.96. The Kier molecular flexibility index (Phi) is 2.60. The molecule has 0 unspecified atom stereocenters. The van der Waals surface area contributed by atoms with Gasteiger partial charge < -0.3 is 14.7 Å². The lowest BCUT2D eigenvalue weighted by Crippen LogP contribution is -2.00. The van der Waals surface area contributed by atoms with Crippen LogP contribution in [0.4, 0.5) is 0 Å². The molecule has 0 atom stereocenters. The third-order valence-electron chi connectivity index (χ3n) is 1.80. The van der Waals surface area contributed by atoms with Gasteiger partial charge in [0.15, 0.2) is 5.76 Å². The van der Waals surface area contributed by atoms with Crippen LogP contribution < -0.4 is 5.73 Å². The van der Waals surface area contributed by atoms with Crippen LogP contribution in [0.15, 0.2) is 27.3 Å². The molecular formula is C9H11N3O2. The van der Waals surface area contributed by atoms with Gasteiger partial charge in [0.1, 0.15) is 0 Å². The van der Waals surface area contributed by atoms with Crippen LogP contribution in [0.25, 0.3) is 11.6 Å². The van der Waals surface area contributed by atoms with Crippen molar-refractivity contribution in [2.45, 2.75) is 12.8 Å². The van der Waals surface area contributed by atoms with Crippen LogP contribution in [0.1, 0.15) is 12.3 Å². The van der Waals surface area contributed by atoms with E-state index in [9.17, 15) is 0 Å². The molecule has 0 aliphatic rings. The van der Waals surface area contributed by atoms with Crippen LogP contribution in [-0.2, 0) is 6.42 Å². The minimum atomic E-state index is 0.488. The first-order valence-electron chi connectivity index (χ1n) is 4.46. The molecule has 0 saturated heterocycles. The number of hydrogen-bond donors (Lipinski definition) is 1. The molecule has 5 nitrogen and oxygen atoms in total. The van der Waals surface area contributed by atoms with Crippen LogP contribution in [0.2, 0.25) is 0 Å². The summed E-state index contributed by atoms with van der Waals surface area (Å²) in [6.45, 7) is 0.623. The lowest BCUT2D eigenvalue weighted by Gasteiger charge is -1.88. The van der Waals surface area contributed by atoms with Crippen LogP contribution in [0.5, 0.6) is 0 Å². The van der Waals surface area contributed by atoms with Gasteiger partial charge in [-0.2, -0.15) is 4.98 Å². The first-order valence-corrected chi connectivity index (χ1v) is 4.46. The highest BCUT2D eigenvalue weighted by Gasteiger charge is 2.09. The van der Waals surface area contributed by atoms with E-state index in [1.165, 1.54) is 0 Å². The summed E-state index contributed by atoms with van der Waals surface area (Å²) in [5, 5.41) is 3.79. The van der Waals surface area contributed by atoms with Gasteiger partial charge in [-0.15, -0.1) is 0 Å². The fraction of sp³-hybridized carbons (Fsp3) is 0.333. The lowest BCUT2D eigenvalue weighted by molar-refractivity contribution is 0.375. The molecule has 5 heteroatoms. The van der Waals surface area contributed by atoms with Gasteiger partial charge in [-0.3, -0.25) is 0 Å². The average Bonchev–Trinajstić information content (AvgIpc) is 2.85. The second kappa shape index (κ2) is 4.06. The zero-order valence-corrected chi connectivity index (χ0v) is 7.64. The Hall–Kier alpha value is -1.62. The van der Waals surface area contributed by atoms with Gasteiger partial charge in [0.2, 0.25) is 11.7 Å². The van der Waals surface area contributed by atoms with Crippen molar-refractivity contribution in [2.24, 2.45) is 5.73 Å². The molecule has 2 rings (SSSR count). The maximum Gasteiger partial charge on any atom is 0.238 e.